The van der Waals surface area contributed by atoms with Crippen LogP contribution in [0.5, 0.6) is 0 Å². The van der Waals surface area contributed by atoms with Crippen LogP contribution in [0.25, 0.3) is 0 Å². The van der Waals surface area contributed by atoms with Gasteiger partial charge in [-0.05, 0) is 80.6 Å². The molecule has 2 amide bonds. The third-order valence-electron chi connectivity index (χ3n) is 9.85. The minimum atomic E-state index is -0.820. The summed E-state index contributed by atoms with van der Waals surface area (Å²) in [6.45, 7) is 11.1. The first-order valence-corrected chi connectivity index (χ1v) is 16.0. The quantitative estimate of drug-likeness (QED) is 0.0585. The van der Waals surface area contributed by atoms with Crippen LogP contribution in [0.3, 0.4) is 0 Å². The molecule has 44 heavy (non-hydrogen) atoms. The molecule has 5 N–H and O–H groups in total. The van der Waals surface area contributed by atoms with Crippen molar-refractivity contribution in [1.29, 1.82) is 0 Å². The Bertz CT molecular complexity index is 1200. The van der Waals surface area contributed by atoms with Crippen molar-refractivity contribution in [3.63, 3.8) is 0 Å². The molecule has 0 aromatic heterocycles. The van der Waals surface area contributed by atoms with Gasteiger partial charge in [0.2, 0.25) is 11.8 Å². The Kier molecular flexibility index (Phi) is 10.9. The molecule has 1 aromatic carbocycles. The smallest absolute Gasteiger partial charge is 0.404 e. The summed E-state index contributed by atoms with van der Waals surface area (Å²) in [7, 11) is -0.577. The van der Waals surface area contributed by atoms with Gasteiger partial charge < -0.3 is 25.7 Å². The van der Waals surface area contributed by atoms with Gasteiger partial charge in [-0.1, -0.05) is 63.5 Å². The van der Waals surface area contributed by atoms with Gasteiger partial charge in [0.05, 0.1) is 17.6 Å². The minimum absolute atomic E-state index is 0.00736. The van der Waals surface area contributed by atoms with Gasteiger partial charge in [0, 0.05) is 13.0 Å². The van der Waals surface area contributed by atoms with Crippen molar-refractivity contribution in [1.82, 2.24) is 16.1 Å². The number of nitrogens with two attached hydrogens (primary N) is 1. The van der Waals surface area contributed by atoms with Gasteiger partial charge >= 0.3 is 7.12 Å². The maximum Gasteiger partial charge on any atom is 0.481 e. The second kappa shape index (κ2) is 14.3. The van der Waals surface area contributed by atoms with E-state index in [1.54, 1.807) is 5.43 Å². The van der Waals surface area contributed by atoms with E-state index in [0.717, 1.165) is 24.8 Å². The maximum absolute atomic E-state index is 13.8. The van der Waals surface area contributed by atoms with Crippen LogP contribution in [0.1, 0.15) is 85.1 Å². The van der Waals surface area contributed by atoms with E-state index in [1.807, 2.05) is 30.3 Å². The van der Waals surface area contributed by atoms with E-state index in [4.69, 9.17) is 15.0 Å². The number of rotatable bonds is 15. The van der Waals surface area contributed by atoms with Crippen LogP contribution >= 0.6 is 0 Å². The standard InChI is InChI=1S/C31H49BN6O6/c1-20(2)17-26(32-43-25-19-22-18-24(30(22,3)4)31(25,5)44-32)36-28(40)23(14-10-16-34-29(33)37-38(41)42)35-27(39)15-9-13-21-11-7-6-8-12-21/h6-8,11-12,20,22-26H,9-10,13-19H2,1-5H3,(H,35,39)(H,36,40)(H3,33,34,37)/t22-,23+,24-,25-,26+,31+/m1/s1. The molecule has 4 aliphatic rings. The number of nitrogens with one attached hydrogen (secondary N) is 3. The van der Waals surface area contributed by atoms with Crippen LogP contribution in [0.4, 0.5) is 0 Å². The molecule has 1 aromatic rings. The second-order valence-corrected chi connectivity index (χ2v) is 13.8. The fourth-order valence-electron chi connectivity index (χ4n) is 7.36. The van der Waals surface area contributed by atoms with Gasteiger partial charge in [-0.25, -0.2) is 15.1 Å². The first-order valence-electron chi connectivity index (χ1n) is 16.0. The largest absolute Gasteiger partial charge is 0.481 e. The van der Waals surface area contributed by atoms with Crippen molar-refractivity contribution in [2.75, 3.05) is 6.54 Å². The molecule has 242 valence electrons. The van der Waals surface area contributed by atoms with Crippen molar-refractivity contribution >= 4 is 24.9 Å². The van der Waals surface area contributed by atoms with Crippen molar-refractivity contribution in [2.45, 2.75) is 110 Å². The average molecular weight is 613 g/mol. The molecule has 0 spiro atoms. The van der Waals surface area contributed by atoms with Gasteiger partial charge in [-0.2, -0.15) is 0 Å². The molecule has 1 heterocycles. The number of aryl methyl sites for hydroxylation is 1. The summed E-state index contributed by atoms with van der Waals surface area (Å²) in [6.07, 6.45) is 5.09. The molecule has 0 unspecified atom stereocenters. The van der Waals surface area contributed by atoms with Gasteiger partial charge in [-0.15, -0.1) is 0 Å². The van der Waals surface area contributed by atoms with E-state index in [0.29, 0.717) is 31.1 Å². The Morgan fingerprint density at radius 1 is 1.16 bits per heavy atom. The number of carbonyl (C=O) groups excluding carboxylic acids is 2. The van der Waals surface area contributed by atoms with Crippen molar-refractivity contribution in [2.24, 2.45) is 33.9 Å². The first kappa shape index (κ1) is 33.7. The monoisotopic (exact) mass is 612 g/mol. The van der Waals surface area contributed by atoms with Crippen LogP contribution in [-0.4, -0.2) is 60.2 Å². The predicted molar refractivity (Wildman–Crippen MR) is 169 cm³/mol. The van der Waals surface area contributed by atoms with E-state index in [1.165, 1.54) is 0 Å². The number of nitrogens with zero attached hydrogens (tertiary/aromatic N) is 2. The lowest BCUT2D eigenvalue weighted by atomic mass is 9.43. The zero-order valence-electron chi connectivity index (χ0n) is 26.7. The Morgan fingerprint density at radius 2 is 1.89 bits per heavy atom. The van der Waals surface area contributed by atoms with Crippen LogP contribution in [0, 0.1) is 33.3 Å². The fraction of sp³-hybridized carbons (Fsp3) is 0.710. The van der Waals surface area contributed by atoms with Crippen LogP contribution < -0.4 is 21.8 Å². The molecule has 12 nitrogen and oxygen atoms in total. The lowest BCUT2D eigenvalue weighted by Crippen LogP contribution is -2.65. The Labute approximate surface area is 260 Å². The summed E-state index contributed by atoms with van der Waals surface area (Å²) in [5, 5.41) is 15.9. The molecule has 1 aliphatic heterocycles. The average Bonchev–Trinajstić information content (AvgIpc) is 3.31. The summed E-state index contributed by atoms with van der Waals surface area (Å²) in [4.78, 5) is 41.3. The first-order chi connectivity index (χ1) is 20.8. The van der Waals surface area contributed by atoms with Crippen molar-refractivity contribution < 1.29 is 23.9 Å². The molecule has 4 fully saturated rings. The highest BCUT2D eigenvalue weighted by molar-refractivity contribution is 6.48. The number of nitro groups is 1. The van der Waals surface area contributed by atoms with E-state index >= 15 is 0 Å². The Hall–Kier alpha value is -3.19. The zero-order valence-corrected chi connectivity index (χ0v) is 26.7. The second-order valence-electron chi connectivity index (χ2n) is 13.8. The van der Waals surface area contributed by atoms with Crippen molar-refractivity contribution in [3.8, 4) is 0 Å². The number of benzene rings is 1. The molecule has 2 bridgehead atoms. The fourth-order valence-corrected chi connectivity index (χ4v) is 7.36. The molecule has 1 saturated heterocycles. The predicted octanol–water partition coefficient (Wildman–Crippen LogP) is 3.17. The number of amides is 2. The number of hydrogen-bond acceptors (Lipinski definition) is 7. The molecular formula is C31H49BN6O6. The van der Waals surface area contributed by atoms with Crippen molar-refractivity contribution in [3.05, 3.63) is 46.0 Å². The molecular weight excluding hydrogens is 563 g/mol. The third-order valence-corrected chi connectivity index (χ3v) is 9.85. The normalized spacial score (nSPS) is 26.7. The van der Waals surface area contributed by atoms with Crippen LogP contribution in [0.15, 0.2) is 35.3 Å². The van der Waals surface area contributed by atoms with Gasteiger partial charge in [0.15, 0.2) is 5.03 Å². The highest BCUT2D eigenvalue weighted by Crippen LogP contribution is 2.65. The van der Waals surface area contributed by atoms with Crippen LogP contribution in [-0.2, 0) is 25.3 Å². The molecule has 13 heteroatoms. The summed E-state index contributed by atoms with van der Waals surface area (Å²) >= 11 is 0. The zero-order chi connectivity index (χ0) is 32.1. The van der Waals surface area contributed by atoms with E-state index in [-0.39, 0.29) is 60.5 Å². The SMILES string of the molecule is CC(C)C[C@H](NC(=O)[C@H](CCCN=C(N)N[N+](=O)[O-])NC(=O)CCCc1ccccc1)B1O[C@@H]2C[C@H]3C[C@H](C3(C)C)[C@]2(C)O1. The lowest BCUT2D eigenvalue weighted by molar-refractivity contribution is -0.525. The topological polar surface area (TPSA) is 170 Å². The summed E-state index contributed by atoms with van der Waals surface area (Å²) in [5.41, 5.74) is 8.29. The summed E-state index contributed by atoms with van der Waals surface area (Å²) in [6, 6.07) is 9.12. The number of hydrogen-bond donors (Lipinski definition) is 4. The van der Waals surface area contributed by atoms with Gasteiger partial charge in [0.1, 0.15) is 6.04 Å². The minimum Gasteiger partial charge on any atom is -0.404 e. The highest BCUT2D eigenvalue weighted by atomic mass is 16.7. The van der Waals surface area contributed by atoms with Crippen LogP contribution in [0.2, 0.25) is 0 Å². The van der Waals surface area contributed by atoms with Gasteiger partial charge in [0.25, 0.3) is 5.96 Å². The highest BCUT2D eigenvalue weighted by Gasteiger charge is 2.68. The molecule has 3 aliphatic carbocycles. The summed E-state index contributed by atoms with van der Waals surface area (Å²) in [5.74, 6) is 0.0538. The summed E-state index contributed by atoms with van der Waals surface area (Å²) < 4.78 is 13.2. The third kappa shape index (κ3) is 8.09. The van der Waals surface area contributed by atoms with Gasteiger partial charge in [-0.3, -0.25) is 9.59 Å². The van der Waals surface area contributed by atoms with E-state index < -0.39 is 23.8 Å². The molecule has 0 radical (unpaired) electrons. The molecule has 5 rings (SSSR count). The number of hydrazine groups is 1. The maximum atomic E-state index is 13.8. The lowest BCUT2D eigenvalue weighted by Gasteiger charge is -2.64. The number of aliphatic imine (C=N–C) groups is 1. The number of carbonyl (C=O) groups is 2. The number of guanidine groups is 1. The molecule has 3 saturated carbocycles. The van der Waals surface area contributed by atoms with E-state index in [2.05, 4.69) is 50.2 Å². The Balaban J connectivity index is 1.40. The van der Waals surface area contributed by atoms with E-state index in [9.17, 15) is 19.7 Å². The Morgan fingerprint density at radius 3 is 2.55 bits per heavy atom. The molecule has 6 atom stereocenters.